The molecule has 0 bridgehead atoms. The number of nitrogens with zero attached hydrogens (tertiary/aromatic N) is 3. The molecular formula is C19H17FN4O. The molecule has 1 atom stereocenters. The fourth-order valence-electron chi connectivity index (χ4n) is 2.69. The average molecular weight is 336 g/mol. The highest BCUT2D eigenvalue weighted by molar-refractivity contribution is 5.60. The molecular weight excluding hydrogens is 319 g/mol. The van der Waals surface area contributed by atoms with Crippen molar-refractivity contribution in [2.45, 2.75) is 6.04 Å². The van der Waals surface area contributed by atoms with Crippen molar-refractivity contribution >= 4 is 5.69 Å². The lowest BCUT2D eigenvalue weighted by atomic mass is 10.0. The second-order valence-corrected chi connectivity index (χ2v) is 5.52. The summed E-state index contributed by atoms with van der Waals surface area (Å²) in [6, 6.07) is 13.6. The summed E-state index contributed by atoms with van der Waals surface area (Å²) in [5.41, 5.74) is 1.28. The Kier molecular flexibility index (Phi) is 4.66. The number of nitriles is 1. The minimum Gasteiger partial charge on any atom is -0.497 e. The molecule has 5 nitrogen and oxygen atoms in total. The lowest BCUT2D eigenvalue weighted by molar-refractivity contribution is 0.414. The van der Waals surface area contributed by atoms with E-state index in [1.807, 2.05) is 48.1 Å². The van der Waals surface area contributed by atoms with Gasteiger partial charge < -0.3 is 14.6 Å². The Balaban J connectivity index is 2.08. The first-order valence-electron chi connectivity index (χ1n) is 7.70. The Labute approximate surface area is 145 Å². The van der Waals surface area contributed by atoms with Crippen LogP contribution in [0.2, 0.25) is 0 Å². The summed E-state index contributed by atoms with van der Waals surface area (Å²) in [4.78, 5) is 4.41. The number of hydrogen-bond donors (Lipinski definition) is 1. The first-order valence-corrected chi connectivity index (χ1v) is 7.70. The van der Waals surface area contributed by atoms with E-state index in [9.17, 15) is 9.65 Å². The van der Waals surface area contributed by atoms with Crippen LogP contribution in [0.15, 0.2) is 54.9 Å². The molecule has 1 heterocycles. The number of ether oxygens (including phenoxy) is 1. The van der Waals surface area contributed by atoms with E-state index in [0.29, 0.717) is 11.4 Å². The van der Waals surface area contributed by atoms with Gasteiger partial charge in [0, 0.05) is 19.4 Å². The lowest BCUT2D eigenvalue weighted by Gasteiger charge is -2.21. The molecule has 0 unspecified atom stereocenters. The van der Waals surface area contributed by atoms with E-state index >= 15 is 0 Å². The van der Waals surface area contributed by atoms with E-state index in [-0.39, 0.29) is 11.6 Å². The third kappa shape index (κ3) is 3.31. The summed E-state index contributed by atoms with van der Waals surface area (Å²) >= 11 is 0. The van der Waals surface area contributed by atoms with Crippen molar-refractivity contribution in [2.24, 2.45) is 7.05 Å². The Morgan fingerprint density at radius 2 is 2.08 bits per heavy atom. The van der Waals surface area contributed by atoms with Crippen molar-refractivity contribution in [3.8, 4) is 11.8 Å². The maximum atomic E-state index is 13.9. The van der Waals surface area contributed by atoms with Crippen LogP contribution in [0.1, 0.15) is 23.0 Å². The minimum absolute atomic E-state index is 0.0235. The van der Waals surface area contributed by atoms with Crippen LogP contribution < -0.4 is 10.1 Å². The molecule has 1 N–H and O–H groups in total. The van der Waals surface area contributed by atoms with Gasteiger partial charge in [0.1, 0.15) is 35.1 Å². The molecule has 2 aromatic carbocycles. The highest BCUT2D eigenvalue weighted by atomic mass is 19.1. The Bertz CT molecular complexity index is 929. The van der Waals surface area contributed by atoms with Crippen LogP contribution in [0, 0.1) is 17.1 Å². The third-order valence-corrected chi connectivity index (χ3v) is 3.97. The highest BCUT2D eigenvalue weighted by Crippen LogP contribution is 2.29. The number of anilines is 1. The first-order chi connectivity index (χ1) is 12.1. The maximum Gasteiger partial charge on any atom is 0.143 e. The number of aryl methyl sites for hydroxylation is 1. The number of halogens is 1. The van der Waals surface area contributed by atoms with E-state index in [1.165, 1.54) is 6.07 Å². The standard InChI is InChI=1S/C19H17FN4O/c1-24-10-9-22-19(24)18(13-5-3-6-14(11-13)25-2)23-17-8-4-7-16(20)15(17)12-21/h3-11,18,23H,1-2H3/t18-/m0/s1. The van der Waals surface area contributed by atoms with E-state index in [2.05, 4.69) is 10.3 Å². The predicted molar refractivity (Wildman–Crippen MR) is 92.8 cm³/mol. The zero-order valence-corrected chi connectivity index (χ0v) is 13.9. The minimum atomic E-state index is -0.559. The number of aromatic nitrogens is 2. The second kappa shape index (κ2) is 7.05. The molecule has 3 rings (SSSR count). The molecule has 0 amide bonds. The average Bonchev–Trinajstić information content (AvgIpc) is 3.05. The lowest BCUT2D eigenvalue weighted by Crippen LogP contribution is -2.17. The summed E-state index contributed by atoms with van der Waals surface area (Å²) in [5, 5.41) is 12.5. The molecule has 0 spiro atoms. The molecule has 0 aliphatic heterocycles. The van der Waals surface area contributed by atoms with Crippen LogP contribution in [-0.2, 0) is 7.05 Å². The quantitative estimate of drug-likeness (QED) is 0.773. The molecule has 126 valence electrons. The summed E-state index contributed by atoms with van der Waals surface area (Å²) in [7, 11) is 3.48. The number of benzene rings is 2. The van der Waals surface area contributed by atoms with Crippen molar-refractivity contribution in [3.63, 3.8) is 0 Å². The van der Waals surface area contributed by atoms with Gasteiger partial charge in [-0.3, -0.25) is 0 Å². The van der Waals surface area contributed by atoms with Gasteiger partial charge in [0.2, 0.25) is 0 Å². The largest absolute Gasteiger partial charge is 0.497 e. The number of methoxy groups -OCH3 is 1. The van der Waals surface area contributed by atoms with Gasteiger partial charge in [0.25, 0.3) is 0 Å². The van der Waals surface area contributed by atoms with Gasteiger partial charge in [-0.25, -0.2) is 9.37 Å². The summed E-state index contributed by atoms with van der Waals surface area (Å²) < 4.78 is 21.1. The molecule has 6 heteroatoms. The molecule has 3 aromatic rings. The fourth-order valence-corrected chi connectivity index (χ4v) is 2.69. The van der Waals surface area contributed by atoms with Gasteiger partial charge >= 0.3 is 0 Å². The number of nitrogens with one attached hydrogen (secondary N) is 1. The smallest absolute Gasteiger partial charge is 0.143 e. The van der Waals surface area contributed by atoms with Crippen LogP contribution in [0.4, 0.5) is 10.1 Å². The Morgan fingerprint density at radius 3 is 2.76 bits per heavy atom. The normalized spacial score (nSPS) is 11.6. The number of rotatable bonds is 5. The van der Waals surface area contributed by atoms with E-state index in [4.69, 9.17) is 4.74 Å². The zero-order valence-electron chi connectivity index (χ0n) is 13.9. The highest BCUT2D eigenvalue weighted by Gasteiger charge is 2.21. The van der Waals surface area contributed by atoms with E-state index in [0.717, 1.165) is 11.4 Å². The first kappa shape index (κ1) is 16.5. The molecule has 0 saturated carbocycles. The molecule has 0 radical (unpaired) electrons. The van der Waals surface area contributed by atoms with Gasteiger partial charge in [-0.05, 0) is 29.8 Å². The van der Waals surface area contributed by atoms with Gasteiger partial charge in [-0.2, -0.15) is 5.26 Å². The fraction of sp³-hybridized carbons (Fsp3) is 0.158. The molecule has 1 aromatic heterocycles. The SMILES string of the molecule is COc1cccc([C@H](Nc2cccc(F)c2C#N)c2nccn2C)c1. The van der Waals surface area contributed by atoms with Crippen molar-refractivity contribution in [3.05, 3.63) is 77.6 Å². The van der Waals surface area contributed by atoms with Crippen LogP contribution in [-0.4, -0.2) is 16.7 Å². The summed E-state index contributed by atoms with van der Waals surface area (Å²) in [5.74, 6) is 0.886. The van der Waals surface area contributed by atoms with Gasteiger partial charge in [0.05, 0.1) is 12.8 Å². The van der Waals surface area contributed by atoms with Crippen LogP contribution in [0.5, 0.6) is 5.75 Å². The topological polar surface area (TPSA) is 62.9 Å². The third-order valence-electron chi connectivity index (χ3n) is 3.97. The van der Waals surface area contributed by atoms with Gasteiger partial charge in [-0.15, -0.1) is 0 Å². The summed E-state index contributed by atoms with van der Waals surface area (Å²) in [6.45, 7) is 0. The number of hydrogen-bond acceptors (Lipinski definition) is 4. The Hall–Kier alpha value is -3.33. The molecule has 25 heavy (non-hydrogen) atoms. The summed E-state index contributed by atoms with van der Waals surface area (Å²) in [6.07, 6.45) is 3.53. The van der Waals surface area contributed by atoms with E-state index in [1.54, 1.807) is 25.4 Å². The van der Waals surface area contributed by atoms with Gasteiger partial charge in [0.15, 0.2) is 0 Å². The van der Waals surface area contributed by atoms with Crippen molar-refractivity contribution < 1.29 is 9.13 Å². The van der Waals surface area contributed by atoms with Gasteiger partial charge in [-0.1, -0.05) is 18.2 Å². The van der Waals surface area contributed by atoms with Crippen LogP contribution in [0.25, 0.3) is 0 Å². The Morgan fingerprint density at radius 1 is 1.28 bits per heavy atom. The number of imidazole rings is 1. The molecule has 0 fully saturated rings. The van der Waals surface area contributed by atoms with Crippen molar-refractivity contribution in [2.75, 3.05) is 12.4 Å². The molecule has 0 saturated heterocycles. The van der Waals surface area contributed by atoms with E-state index < -0.39 is 5.82 Å². The monoisotopic (exact) mass is 336 g/mol. The van der Waals surface area contributed by atoms with Crippen molar-refractivity contribution in [1.82, 2.24) is 9.55 Å². The predicted octanol–water partition coefficient (Wildman–Crippen LogP) is 3.64. The maximum absolute atomic E-state index is 13.9. The van der Waals surface area contributed by atoms with Crippen LogP contribution in [0.3, 0.4) is 0 Å². The second-order valence-electron chi connectivity index (χ2n) is 5.52. The van der Waals surface area contributed by atoms with Crippen LogP contribution >= 0.6 is 0 Å². The molecule has 0 aliphatic carbocycles. The molecule has 0 aliphatic rings. The zero-order chi connectivity index (χ0) is 17.8. The van der Waals surface area contributed by atoms with Crippen molar-refractivity contribution in [1.29, 1.82) is 5.26 Å².